The Morgan fingerprint density at radius 2 is 1.92 bits per heavy atom. The van der Waals surface area contributed by atoms with Gasteiger partial charge in [-0.2, -0.15) is 18.2 Å². The van der Waals surface area contributed by atoms with Crippen molar-refractivity contribution in [1.29, 1.82) is 0 Å². The van der Waals surface area contributed by atoms with Crippen LogP contribution in [0, 0.1) is 6.92 Å². The van der Waals surface area contributed by atoms with E-state index in [0.29, 0.717) is 41.2 Å². The minimum Gasteiger partial charge on any atom is -0.351 e. The van der Waals surface area contributed by atoms with E-state index in [2.05, 4.69) is 25.6 Å². The largest absolute Gasteiger partial charge is 0.416 e. The number of rotatable bonds is 9. The first kappa shape index (κ1) is 26.7. The maximum atomic E-state index is 13.7. The van der Waals surface area contributed by atoms with Gasteiger partial charge in [-0.1, -0.05) is 12.8 Å². The van der Waals surface area contributed by atoms with E-state index in [-0.39, 0.29) is 23.6 Å². The molecule has 5 rings (SSSR count). The van der Waals surface area contributed by atoms with Gasteiger partial charge in [0.05, 0.1) is 17.6 Å². The lowest BCUT2D eigenvalue weighted by molar-refractivity contribution is -0.137. The van der Waals surface area contributed by atoms with E-state index in [4.69, 9.17) is 5.73 Å². The molecule has 9 nitrogen and oxygen atoms in total. The van der Waals surface area contributed by atoms with Crippen molar-refractivity contribution in [2.45, 2.75) is 57.7 Å². The Balaban J connectivity index is 1.50. The Bertz CT molecular complexity index is 1470. The lowest BCUT2D eigenvalue weighted by atomic mass is 10.1. The summed E-state index contributed by atoms with van der Waals surface area (Å²) in [7, 11) is 0. The molecule has 12 heteroatoms. The number of nitrogens with one attached hydrogen (secondary N) is 2. The minimum absolute atomic E-state index is 0.111. The van der Waals surface area contributed by atoms with Crippen LogP contribution in [0.3, 0.4) is 0 Å². The van der Waals surface area contributed by atoms with Gasteiger partial charge in [-0.15, -0.1) is 0 Å². The van der Waals surface area contributed by atoms with Crippen molar-refractivity contribution in [1.82, 2.24) is 29.4 Å². The highest BCUT2D eigenvalue weighted by atomic mass is 19.4. The number of amides is 1. The van der Waals surface area contributed by atoms with Crippen LogP contribution in [0.15, 0.2) is 43.0 Å². The molecular formula is C27H31F3N8O. The lowest BCUT2D eigenvalue weighted by Crippen LogP contribution is -2.28. The highest BCUT2D eigenvalue weighted by Crippen LogP contribution is 2.36. The molecule has 0 spiro atoms. The molecular weight excluding hydrogens is 509 g/mol. The van der Waals surface area contributed by atoms with E-state index in [1.807, 2.05) is 4.57 Å². The Morgan fingerprint density at radius 3 is 2.62 bits per heavy atom. The molecule has 0 radical (unpaired) electrons. The molecule has 39 heavy (non-hydrogen) atoms. The van der Waals surface area contributed by atoms with Crippen LogP contribution in [0.2, 0.25) is 0 Å². The van der Waals surface area contributed by atoms with Crippen LogP contribution in [0.5, 0.6) is 0 Å². The van der Waals surface area contributed by atoms with Crippen molar-refractivity contribution in [2.75, 3.05) is 18.4 Å². The van der Waals surface area contributed by atoms with Crippen LogP contribution in [0.1, 0.15) is 66.3 Å². The summed E-state index contributed by atoms with van der Waals surface area (Å²) in [6, 6.07) is 5.57. The first-order valence-corrected chi connectivity index (χ1v) is 13.1. The predicted molar refractivity (Wildman–Crippen MR) is 142 cm³/mol. The van der Waals surface area contributed by atoms with Gasteiger partial charge >= 0.3 is 6.18 Å². The zero-order chi connectivity index (χ0) is 27.6. The average molecular weight is 541 g/mol. The zero-order valence-corrected chi connectivity index (χ0v) is 21.6. The SMILES string of the molecule is Cc1cn(-c2cc(Nc3ncc4cc(C(=O)NCCCCN)n(C5CCCC5)c4n3)cc(C(F)(F)F)c2)cn1. The van der Waals surface area contributed by atoms with E-state index in [0.717, 1.165) is 50.7 Å². The number of unbranched alkanes of at least 4 members (excludes halogenated alkanes) is 1. The Hall–Kier alpha value is -3.93. The van der Waals surface area contributed by atoms with E-state index in [1.165, 1.54) is 10.9 Å². The van der Waals surface area contributed by atoms with Crippen molar-refractivity contribution < 1.29 is 18.0 Å². The lowest BCUT2D eigenvalue weighted by Gasteiger charge is -2.17. The van der Waals surface area contributed by atoms with Crippen LogP contribution in [-0.4, -0.2) is 43.1 Å². The normalized spacial score (nSPS) is 14.3. The molecule has 4 N–H and O–H groups in total. The molecule has 1 aromatic carbocycles. The van der Waals surface area contributed by atoms with Crippen molar-refractivity contribution in [3.63, 3.8) is 0 Å². The summed E-state index contributed by atoms with van der Waals surface area (Å²) in [6.07, 6.45) is 5.73. The predicted octanol–water partition coefficient (Wildman–Crippen LogP) is 5.27. The minimum atomic E-state index is -4.55. The van der Waals surface area contributed by atoms with Crippen molar-refractivity contribution in [3.05, 3.63) is 59.9 Å². The zero-order valence-electron chi connectivity index (χ0n) is 21.6. The van der Waals surface area contributed by atoms with Crippen LogP contribution in [-0.2, 0) is 6.18 Å². The molecule has 1 saturated carbocycles. The number of aromatic nitrogens is 5. The molecule has 206 valence electrons. The molecule has 1 fully saturated rings. The third-order valence-electron chi connectivity index (χ3n) is 6.93. The molecule has 0 atom stereocenters. The van der Waals surface area contributed by atoms with E-state index < -0.39 is 11.7 Å². The number of alkyl halides is 3. The van der Waals surface area contributed by atoms with Gasteiger partial charge in [0.25, 0.3) is 5.91 Å². The fraction of sp³-hybridized carbons (Fsp3) is 0.407. The second kappa shape index (κ2) is 11.0. The maximum absolute atomic E-state index is 13.7. The van der Waals surface area contributed by atoms with Crippen molar-refractivity contribution in [2.24, 2.45) is 5.73 Å². The third-order valence-corrected chi connectivity index (χ3v) is 6.93. The molecule has 1 amide bonds. The van der Waals surface area contributed by atoms with E-state index in [1.54, 1.807) is 31.5 Å². The number of anilines is 2. The van der Waals surface area contributed by atoms with Gasteiger partial charge in [0.2, 0.25) is 5.95 Å². The number of fused-ring (bicyclic) bond motifs is 1. The van der Waals surface area contributed by atoms with Gasteiger partial charge in [0.1, 0.15) is 11.3 Å². The summed E-state index contributed by atoms with van der Waals surface area (Å²) in [4.78, 5) is 26.2. The van der Waals surface area contributed by atoms with Gasteiger partial charge in [-0.3, -0.25) is 4.79 Å². The number of hydrogen-bond acceptors (Lipinski definition) is 6. The van der Waals surface area contributed by atoms with Gasteiger partial charge in [0, 0.05) is 41.7 Å². The number of benzene rings is 1. The molecule has 0 unspecified atom stereocenters. The number of halogens is 3. The van der Waals surface area contributed by atoms with Gasteiger partial charge in [0.15, 0.2) is 0 Å². The van der Waals surface area contributed by atoms with E-state index >= 15 is 0 Å². The standard InChI is InChI=1S/C27H31F3N8O/c1-17-15-37(16-34-17)22-12-19(27(28,29)30)11-20(13-22)35-26-33-14-18-10-23(25(39)32-9-5-4-8-31)38(24(18)36-26)21-6-2-3-7-21/h10-16,21H,2-9,31H2,1H3,(H,32,39)(H,33,35,36). The van der Waals surface area contributed by atoms with Crippen molar-refractivity contribution >= 4 is 28.6 Å². The van der Waals surface area contributed by atoms with Gasteiger partial charge in [-0.25, -0.2) is 9.97 Å². The fourth-order valence-corrected chi connectivity index (χ4v) is 5.02. The molecule has 0 saturated heterocycles. The summed E-state index contributed by atoms with van der Waals surface area (Å²) < 4.78 is 44.6. The molecule has 1 aliphatic carbocycles. The summed E-state index contributed by atoms with van der Waals surface area (Å²) in [5.74, 6) is -0.0496. The molecule has 0 bridgehead atoms. The first-order chi connectivity index (χ1) is 18.7. The number of aryl methyl sites for hydroxylation is 1. The number of carbonyl (C=O) groups excluding carboxylic acids is 1. The third kappa shape index (κ3) is 5.90. The molecule has 4 aromatic rings. The highest BCUT2D eigenvalue weighted by molar-refractivity contribution is 5.98. The van der Waals surface area contributed by atoms with E-state index in [9.17, 15) is 18.0 Å². The first-order valence-electron chi connectivity index (χ1n) is 13.1. The number of nitrogens with zero attached hydrogens (tertiary/aromatic N) is 5. The quantitative estimate of drug-likeness (QED) is 0.249. The summed E-state index contributed by atoms with van der Waals surface area (Å²) >= 11 is 0. The number of hydrogen-bond donors (Lipinski definition) is 3. The van der Waals surface area contributed by atoms with Crippen LogP contribution in [0.25, 0.3) is 16.7 Å². The van der Waals surface area contributed by atoms with Crippen LogP contribution >= 0.6 is 0 Å². The van der Waals surface area contributed by atoms with Crippen LogP contribution in [0.4, 0.5) is 24.8 Å². The molecule has 3 aromatic heterocycles. The Morgan fingerprint density at radius 1 is 1.13 bits per heavy atom. The molecule has 0 aliphatic heterocycles. The Labute approximate surface area is 223 Å². The highest BCUT2D eigenvalue weighted by Gasteiger charge is 2.32. The Kier molecular flexibility index (Phi) is 7.56. The number of nitrogens with two attached hydrogens (primary N) is 1. The summed E-state index contributed by atoms with van der Waals surface area (Å²) in [5, 5.41) is 6.60. The second-order valence-corrected chi connectivity index (χ2v) is 9.88. The van der Waals surface area contributed by atoms with Gasteiger partial charge in [-0.05, 0) is 63.4 Å². The second-order valence-electron chi connectivity index (χ2n) is 9.88. The average Bonchev–Trinajstić information content (AvgIpc) is 3.65. The maximum Gasteiger partial charge on any atom is 0.416 e. The monoisotopic (exact) mass is 540 g/mol. The van der Waals surface area contributed by atoms with Crippen LogP contribution < -0.4 is 16.4 Å². The fourth-order valence-electron chi connectivity index (χ4n) is 5.02. The number of imidazole rings is 1. The molecule has 1 aliphatic rings. The van der Waals surface area contributed by atoms with Crippen molar-refractivity contribution in [3.8, 4) is 5.69 Å². The van der Waals surface area contributed by atoms with Gasteiger partial charge < -0.3 is 25.5 Å². The summed E-state index contributed by atoms with van der Waals surface area (Å²) in [6.45, 7) is 2.86. The summed E-state index contributed by atoms with van der Waals surface area (Å²) in [5.41, 5.74) is 7.00. The topological polar surface area (TPSA) is 116 Å². The smallest absolute Gasteiger partial charge is 0.351 e. The molecule has 3 heterocycles. The number of carbonyl (C=O) groups is 1.